The molecule has 0 unspecified atom stereocenters. The van der Waals surface area contributed by atoms with E-state index in [1.807, 2.05) is 18.2 Å². The summed E-state index contributed by atoms with van der Waals surface area (Å²) in [5, 5.41) is 18.0. The van der Waals surface area contributed by atoms with Crippen molar-refractivity contribution in [2.24, 2.45) is 5.73 Å². The Morgan fingerprint density at radius 1 is 1.00 bits per heavy atom. The van der Waals surface area contributed by atoms with Crippen molar-refractivity contribution in [2.75, 3.05) is 32.7 Å². The van der Waals surface area contributed by atoms with Crippen molar-refractivity contribution in [1.29, 1.82) is 0 Å². The number of carbonyl (C=O) groups excluding carboxylic acids is 1. The Kier molecular flexibility index (Phi) is 8.05. The van der Waals surface area contributed by atoms with Crippen molar-refractivity contribution in [3.63, 3.8) is 0 Å². The van der Waals surface area contributed by atoms with E-state index in [0.717, 1.165) is 49.0 Å². The highest BCUT2D eigenvalue weighted by Gasteiger charge is 2.19. The van der Waals surface area contributed by atoms with Crippen LogP contribution >= 0.6 is 11.3 Å². The Hall–Kier alpha value is -2.82. The molecule has 1 aliphatic rings. The van der Waals surface area contributed by atoms with Crippen LogP contribution in [-0.4, -0.2) is 75.6 Å². The summed E-state index contributed by atoms with van der Waals surface area (Å²) < 4.78 is 0. The Labute approximate surface area is 166 Å². The molecule has 28 heavy (non-hydrogen) atoms. The van der Waals surface area contributed by atoms with Crippen molar-refractivity contribution in [3.8, 4) is 11.3 Å². The highest BCUT2D eigenvalue weighted by Crippen LogP contribution is 2.22. The topological polar surface area (TPSA) is 137 Å². The first-order chi connectivity index (χ1) is 13.3. The van der Waals surface area contributed by atoms with Crippen LogP contribution in [0.2, 0.25) is 0 Å². The van der Waals surface area contributed by atoms with Gasteiger partial charge in [-0.25, -0.2) is 14.6 Å². The van der Waals surface area contributed by atoms with E-state index in [1.165, 1.54) is 0 Å². The average Bonchev–Trinajstić information content (AvgIpc) is 3.13. The first-order valence-electron chi connectivity index (χ1n) is 8.54. The van der Waals surface area contributed by atoms with E-state index in [0.29, 0.717) is 6.54 Å². The predicted molar refractivity (Wildman–Crippen MR) is 104 cm³/mol. The van der Waals surface area contributed by atoms with Crippen molar-refractivity contribution in [1.82, 2.24) is 14.8 Å². The van der Waals surface area contributed by atoms with Crippen molar-refractivity contribution < 1.29 is 24.6 Å². The highest BCUT2D eigenvalue weighted by atomic mass is 32.1. The number of nitrogens with two attached hydrogens (primary N) is 1. The minimum atomic E-state index is -1.82. The number of amides is 1. The molecule has 1 aliphatic heterocycles. The Bertz CT molecular complexity index is 791. The van der Waals surface area contributed by atoms with Gasteiger partial charge in [0.25, 0.3) is 0 Å². The molecule has 1 amide bonds. The van der Waals surface area contributed by atoms with E-state index >= 15 is 0 Å². The number of carbonyl (C=O) groups is 3. The molecule has 1 fully saturated rings. The summed E-state index contributed by atoms with van der Waals surface area (Å²) in [5.41, 5.74) is 7.45. The van der Waals surface area contributed by atoms with E-state index in [-0.39, 0.29) is 5.91 Å². The minimum Gasteiger partial charge on any atom is -0.473 e. The van der Waals surface area contributed by atoms with Gasteiger partial charge >= 0.3 is 11.9 Å². The molecule has 0 aliphatic carbocycles. The SMILES string of the molecule is NC(=O)CN1CCN(Cc2nc(-c3ccccc3)cs2)CC1.O=C(O)C(=O)O. The zero-order valence-electron chi connectivity index (χ0n) is 15.2. The maximum Gasteiger partial charge on any atom is 0.414 e. The number of nitrogens with zero attached hydrogens (tertiary/aromatic N) is 3. The van der Waals surface area contributed by atoms with Gasteiger partial charge < -0.3 is 15.9 Å². The first-order valence-corrected chi connectivity index (χ1v) is 9.42. The molecule has 1 saturated heterocycles. The van der Waals surface area contributed by atoms with Gasteiger partial charge in [-0.1, -0.05) is 30.3 Å². The van der Waals surface area contributed by atoms with Crippen LogP contribution in [0.15, 0.2) is 35.7 Å². The van der Waals surface area contributed by atoms with Gasteiger partial charge in [0.1, 0.15) is 5.01 Å². The molecular weight excluding hydrogens is 384 g/mol. The van der Waals surface area contributed by atoms with E-state index in [1.54, 1.807) is 11.3 Å². The summed E-state index contributed by atoms with van der Waals surface area (Å²) in [5.74, 6) is -3.90. The summed E-state index contributed by atoms with van der Waals surface area (Å²) >= 11 is 1.71. The van der Waals surface area contributed by atoms with Gasteiger partial charge in [-0.05, 0) is 0 Å². The quantitative estimate of drug-likeness (QED) is 0.613. The third kappa shape index (κ3) is 7.06. The lowest BCUT2D eigenvalue weighted by molar-refractivity contribution is -0.159. The molecule has 150 valence electrons. The molecule has 0 bridgehead atoms. The van der Waals surface area contributed by atoms with E-state index in [4.69, 9.17) is 30.5 Å². The number of aromatic nitrogens is 1. The first kappa shape index (κ1) is 21.5. The molecule has 1 aromatic carbocycles. The second kappa shape index (κ2) is 10.5. The number of aliphatic carboxylic acids is 2. The van der Waals surface area contributed by atoms with Gasteiger partial charge in [0.15, 0.2) is 0 Å². The predicted octanol–water partition coefficient (Wildman–Crippen LogP) is 0.569. The van der Waals surface area contributed by atoms with E-state index < -0.39 is 11.9 Å². The molecule has 9 nitrogen and oxygen atoms in total. The smallest absolute Gasteiger partial charge is 0.414 e. The fraction of sp³-hybridized carbons (Fsp3) is 0.333. The van der Waals surface area contributed by atoms with Crippen LogP contribution < -0.4 is 5.73 Å². The molecule has 2 aromatic rings. The van der Waals surface area contributed by atoms with Crippen LogP contribution in [0.5, 0.6) is 0 Å². The molecule has 0 saturated carbocycles. The minimum absolute atomic E-state index is 0.249. The van der Waals surface area contributed by atoms with Gasteiger partial charge in [-0.2, -0.15) is 0 Å². The van der Waals surface area contributed by atoms with Crippen LogP contribution in [0.1, 0.15) is 5.01 Å². The summed E-state index contributed by atoms with van der Waals surface area (Å²) in [6.07, 6.45) is 0. The van der Waals surface area contributed by atoms with Crippen molar-refractivity contribution in [2.45, 2.75) is 6.54 Å². The van der Waals surface area contributed by atoms with Crippen molar-refractivity contribution in [3.05, 3.63) is 40.7 Å². The highest BCUT2D eigenvalue weighted by molar-refractivity contribution is 7.09. The summed E-state index contributed by atoms with van der Waals surface area (Å²) in [6, 6.07) is 10.3. The van der Waals surface area contributed by atoms with Gasteiger partial charge in [0.05, 0.1) is 18.8 Å². The lowest BCUT2D eigenvalue weighted by Gasteiger charge is -2.33. The number of primary amides is 1. The molecule has 3 rings (SSSR count). The van der Waals surface area contributed by atoms with E-state index in [9.17, 15) is 4.79 Å². The van der Waals surface area contributed by atoms with Crippen LogP contribution in [0, 0.1) is 0 Å². The maximum absolute atomic E-state index is 10.9. The second-order valence-corrected chi connectivity index (χ2v) is 7.06. The van der Waals surface area contributed by atoms with E-state index in [2.05, 4.69) is 27.3 Å². The van der Waals surface area contributed by atoms with Gasteiger partial charge in [0, 0.05) is 37.1 Å². The second-order valence-electron chi connectivity index (χ2n) is 6.12. The lowest BCUT2D eigenvalue weighted by Crippen LogP contribution is -2.48. The summed E-state index contributed by atoms with van der Waals surface area (Å²) in [6.45, 7) is 4.92. The van der Waals surface area contributed by atoms with Crippen LogP contribution in [0.3, 0.4) is 0 Å². The summed E-state index contributed by atoms with van der Waals surface area (Å²) in [4.78, 5) is 38.4. The fourth-order valence-corrected chi connectivity index (χ4v) is 3.49. The van der Waals surface area contributed by atoms with Crippen molar-refractivity contribution >= 4 is 29.2 Å². The third-order valence-electron chi connectivity index (χ3n) is 4.01. The normalized spacial score (nSPS) is 14.7. The molecule has 10 heteroatoms. The Morgan fingerprint density at radius 2 is 1.57 bits per heavy atom. The number of thiazole rings is 1. The Balaban J connectivity index is 0.000000409. The zero-order chi connectivity index (χ0) is 20.5. The molecule has 1 aromatic heterocycles. The molecule has 0 radical (unpaired) electrons. The number of benzene rings is 1. The third-order valence-corrected chi connectivity index (χ3v) is 4.84. The number of carboxylic acids is 2. The van der Waals surface area contributed by atoms with Crippen LogP contribution in [0.25, 0.3) is 11.3 Å². The van der Waals surface area contributed by atoms with Gasteiger partial charge in [0.2, 0.25) is 5.91 Å². The standard InChI is InChI=1S/C16H20N4OS.C2H2O4/c17-15(21)10-19-6-8-20(9-7-19)11-16-18-14(12-22-16)13-4-2-1-3-5-13;3-1(4)2(5)6/h1-5,12H,6-11H2,(H2,17,21);(H,3,4)(H,5,6). The number of carboxylic acid groups (broad SMARTS) is 2. The number of piperazine rings is 1. The molecular formula is C18H22N4O5S. The molecule has 0 atom stereocenters. The number of rotatable bonds is 5. The molecule has 4 N–H and O–H groups in total. The average molecular weight is 406 g/mol. The maximum atomic E-state index is 10.9. The molecule has 2 heterocycles. The van der Waals surface area contributed by atoms with Gasteiger partial charge in [-0.15, -0.1) is 11.3 Å². The van der Waals surface area contributed by atoms with Crippen LogP contribution in [0.4, 0.5) is 0 Å². The zero-order valence-corrected chi connectivity index (χ0v) is 16.0. The number of hydrogen-bond donors (Lipinski definition) is 3. The fourth-order valence-electron chi connectivity index (χ4n) is 2.64. The van der Waals surface area contributed by atoms with Gasteiger partial charge in [-0.3, -0.25) is 14.6 Å². The monoisotopic (exact) mass is 406 g/mol. The summed E-state index contributed by atoms with van der Waals surface area (Å²) in [7, 11) is 0. The number of hydrogen-bond acceptors (Lipinski definition) is 7. The van der Waals surface area contributed by atoms with Crippen LogP contribution in [-0.2, 0) is 20.9 Å². The Morgan fingerprint density at radius 3 is 2.11 bits per heavy atom. The lowest BCUT2D eigenvalue weighted by atomic mass is 10.2. The largest absolute Gasteiger partial charge is 0.473 e. The molecule has 0 spiro atoms.